The molecule has 21 heavy (non-hydrogen) atoms. The monoisotopic (exact) mass is 286 g/mol. The Hall–Kier alpha value is -2.13. The summed E-state index contributed by atoms with van der Waals surface area (Å²) in [6, 6.07) is 7.04. The van der Waals surface area contributed by atoms with Crippen LogP contribution >= 0.6 is 0 Å². The van der Waals surface area contributed by atoms with Gasteiger partial charge in [0.15, 0.2) is 0 Å². The first-order chi connectivity index (χ1) is 10.1. The molecule has 0 aromatic heterocycles. The molecule has 1 aromatic carbocycles. The summed E-state index contributed by atoms with van der Waals surface area (Å²) in [5, 5.41) is 20.0. The molecule has 6 nitrogen and oxygen atoms in total. The molecule has 0 spiro atoms. The first kappa shape index (κ1) is 13.8. The zero-order valence-electron chi connectivity index (χ0n) is 11.7. The Bertz CT molecular complexity index is 610. The van der Waals surface area contributed by atoms with E-state index in [2.05, 4.69) is 4.90 Å². The summed E-state index contributed by atoms with van der Waals surface area (Å²) >= 11 is 0. The number of benzene rings is 1. The fraction of sp³-hybridized carbons (Fsp3) is 0.533. The van der Waals surface area contributed by atoms with E-state index in [4.69, 9.17) is 11.0 Å². The largest absolute Gasteiger partial charge is 0.371 e. The molecular weight excluding hydrogens is 268 g/mol. The number of nitro groups is 1. The zero-order valence-corrected chi connectivity index (χ0v) is 11.7. The second-order valence-corrected chi connectivity index (χ2v) is 6.07. The maximum Gasteiger partial charge on any atom is 0.289 e. The van der Waals surface area contributed by atoms with Crippen LogP contribution in [0, 0.1) is 33.3 Å². The molecule has 0 radical (unpaired) electrons. The molecule has 1 aliphatic heterocycles. The highest BCUT2D eigenvalue weighted by atomic mass is 16.6. The van der Waals surface area contributed by atoms with Crippen LogP contribution in [0.5, 0.6) is 0 Å². The predicted molar refractivity (Wildman–Crippen MR) is 78.8 cm³/mol. The Balaban J connectivity index is 1.84. The summed E-state index contributed by atoms with van der Waals surface area (Å²) in [6.45, 7) is 1.84. The van der Waals surface area contributed by atoms with Crippen LogP contribution < -0.4 is 10.6 Å². The standard InChI is InChI=1S/C15H18N4O2/c16-7-10-2-4-14(6-15(10)19(20)21)18-8-11-1-3-13(17)5-12(11)9-18/h2,4,6,11-13H,1,3,5,8-9,17H2/t11-,12+,13?/m1/s1. The molecule has 1 heterocycles. The molecule has 2 aliphatic rings. The lowest BCUT2D eigenvalue weighted by Crippen LogP contribution is -2.32. The van der Waals surface area contributed by atoms with Gasteiger partial charge in [-0.2, -0.15) is 5.26 Å². The third-order valence-electron chi connectivity index (χ3n) is 4.75. The van der Waals surface area contributed by atoms with Gasteiger partial charge < -0.3 is 10.6 Å². The molecule has 1 saturated carbocycles. The molecule has 1 saturated heterocycles. The molecule has 3 rings (SSSR count). The molecule has 3 atom stereocenters. The smallest absolute Gasteiger partial charge is 0.289 e. The van der Waals surface area contributed by atoms with Crippen LogP contribution in [0.1, 0.15) is 24.8 Å². The first-order valence-electron chi connectivity index (χ1n) is 7.27. The fourth-order valence-electron chi connectivity index (χ4n) is 3.64. The van der Waals surface area contributed by atoms with Gasteiger partial charge in [-0.3, -0.25) is 10.1 Å². The van der Waals surface area contributed by atoms with Crippen molar-refractivity contribution < 1.29 is 4.92 Å². The van der Waals surface area contributed by atoms with Crippen molar-refractivity contribution in [2.45, 2.75) is 25.3 Å². The molecule has 1 unspecified atom stereocenters. The molecule has 2 fully saturated rings. The minimum absolute atomic E-state index is 0.110. The van der Waals surface area contributed by atoms with Crippen LogP contribution in [0.3, 0.4) is 0 Å². The summed E-state index contributed by atoms with van der Waals surface area (Å²) in [5.74, 6) is 1.22. The minimum Gasteiger partial charge on any atom is -0.371 e. The summed E-state index contributed by atoms with van der Waals surface area (Å²) in [4.78, 5) is 12.8. The number of anilines is 1. The second-order valence-electron chi connectivity index (χ2n) is 6.07. The molecule has 0 bridgehead atoms. The van der Waals surface area contributed by atoms with Crippen LogP contribution in [0.25, 0.3) is 0 Å². The Morgan fingerprint density at radius 1 is 1.33 bits per heavy atom. The number of nitrogens with two attached hydrogens (primary N) is 1. The number of hydrogen-bond donors (Lipinski definition) is 1. The van der Waals surface area contributed by atoms with Crippen molar-refractivity contribution in [1.29, 1.82) is 5.26 Å². The van der Waals surface area contributed by atoms with Crippen LogP contribution in [0.15, 0.2) is 18.2 Å². The van der Waals surface area contributed by atoms with Gasteiger partial charge in [-0.1, -0.05) is 0 Å². The van der Waals surface area contributed by atoms with Crippen molar-refractivity contribution in [2.24, 2.45) is 17.6 Å². The van der Waals surface area contributed by atoms with Crippen molar-refractivity contribution >= 4 is 11.4 Å². The summed E-state index contributed by atoms with van der Waals surface area (Å²) in [5.41, 5.74) is 6.87. The van der Waals surface area contributed by atoms with E-state index in [1.165, 1.54) is 6.07 Å². The number of rotatable bonds is 2. The van der Waals surface area contributed by atoms with Crippen molar-refractivity contribution in [3.05, 3.63) is 33.9 Å². The third kappa shape index (κ3) is 2.57. The van der Waals surface area contributed by atoms with E-state index in [1.54, 1.807) is 6.07 Å². The molecule has 1 aliphatic carbocycles. The van der Waals surface area contributed by atoms with Crippen molar-refractivity contribution in [2.75, 3.05) is 18.0 Å². The van der Waals surface area contributed by atoms with E-state index < -0.39 is 4.92 Å². The van der Waals surface area contributed by atoms with E-state index in [9.17, 15) is 10.1 Å². The number of nitriles is 1. The SMILES string of the molecule is N#Cc1ccc(N2C[C@H]3CCC(N)C[C@H]3C2)cc1[N+](=O)[O-]. The van der Waals surface area contributed by atoms with E-state index in [0.717, 1.165) is 38.0 Å². The van der Waals surface area contributed by atoms with Gasteiger partial charge in [0.1, 0.15) is 11.6 Å². The third-order valence-corrected chi connectivity index (χ3v) is 4.75. The van der Waals surface area contributed by atoms with E-state index in [1.807, 2.05) is 12.1 Å². The van der Waals surface area contributed by atoms with Gasteiger partial charge in [0.25, 0.3) is 5.69 Å². The molecular formula is C15H18N4O2. The normalized spacial score (nSPS) is 28.0. The molecule has 2 N–H and O–H groups in total. The van der Waals surface area contributed by atoms with Crippen molar-refractivity contribution in [3.8, 4) is 6.07 Å². The highest BCUT2D eigenvalue weighted by Gasteiger charge is 2.37. The number of nitro benzene ring substituents is 1. The average Bonchev–Trinajstić information content (AvgIpc) is 2.89. The van der Waals surface area contributed by atoms with Gasteiger partial charge in [-0.15, -0.1) is 0 Å². The number of fused-ring (bicyclic) bond motifs is 1. The zero-order chi connectivity index (χ0) is 15.0. The fourth-order valence-corrected chi connectivity index (χ4v) is 3.64. The Morgan fingerprint density at radius 2 is 2.10 bits per heavy atom. The molecule has 110 valence electrons. The van der Waals surface area contributed by atoms with Gasteiger partial charge in [0.2, 0.25) is 0 Å². The highest BCUT2D eigenvalue weighted by Crippen LogP contribution is 2.38. The maximum absolute atomic E-state index is 11.1. The van der Waals surface area contributed by atoms with Gasteiger partial charge in [0.05, 0.1) is 4.92 Å². The van der Waals surface area contributed by atoms with E-state index in [0.29, 0.717) is 17.9 Å². The first-order valence-corrected chi connectivity index (χ1v) is 7.27. The van der Waals surface area contributed by atoms with Crippen LogP contribution in [0.4, 0.5) is 11.4 Å². The van der Waals surface area contributed by atoms with Crippen LogP contribution in [0.2, 0.25) is 0 Å². The van der Waals surface area contributed by atoms with Gasteiger partial charge in [-0.25, -0.2) is 0 Å². The topological polar surface area (TPSA) is 96.2 Å². The van der Waals surface area contributed by atoms with Crippen molar-refractivity contribution in [3.63, 3.8) is 0 Å². The molecule has 0 amide bonds. The van der Waals surface area contributed by atoms with Gasteiger partial charge in [-0.05, 0) is 43.2 Å². The van der Waals surface area contributed by atoms with Crippen LogP contribution in [-0.4, -0.2) is 24.1 Å². The van der Waals surface area contributed by atoms with E-state index in [-0.39, 0.29) is 11.3 Å². The summed E-state index contributed by atoms with van der Waals surface area (Å²) in [7, 11) is 0. The maximum atomic E-state index is 11.1. The lowest BCUT2D eigenvalue weighted by atomic mass is 9.79. The van der Waals surface area contributed by atoms with Crippen LogP contribution in [-0.2, 0) is 0 Å². The number of nitrogens with zero attached hydrogens (tertiary/aromatic N) is 3. The van der Waals surface area contributed by atoms with Crippen molar-refractivity contribution in [1.82, 2.24) is 0 Å². The lowest BCUT2D eigenvalue weighted by molar-refractivity contribution is -0.385. The Labute approximate surface area is 123 Å². The summed E-state index contributed by atoms with van der Waals surface area (Å²) < 4.78 is 0. The Kier molecular flexibility index (Phi) is 3.52. The Morgan fingerprint density at radius 3 is 2.81 bits per heavy atom. The second kappa shape index (κ2) is 5.34. The van der Waals surface area contributed by atoms with E-state index >= 15 is 0 Å². The summed E-state index contributed by atoms with van der Waals surface area (Å²) in [6.07, 6.45) is 3.25. The lowest BCUT2D eigenvalue weighted by Gasteiger charge is -2.27. The van der Waals surface area contributed by atoms with Gasteiger partial charge in [0, 0.05) is 30.9 Å². The number of hydrogen-bond acceptors (Lipinski definition) is 5. The predicted octanol–water partition coefficient (Wildman–Crippen LogP) is 2.03. The molecule has 6 heteroatoms. The quantitative estimate of drug-likeness (QED) is 0.662. The average molecular weight is 286 g/mol. The minimum atomic E-state index is -0.485. The van der Waals surface area contributed by atoms with Gasteiger partial charge >= 0.3 is 0 Å². The highest BCUT2D eigenvalue weighted by molar-refractivity contribution is 5.60. The molecule has 1 aromatic rings.